The molecule has 2 N–H and O–H groups in total. The second kappa shape index (κ2) is 7.74. The quantitative estimate of drug-likeness (QED) is 0.788. The number of nitrogens with zero attached hydrogens (tertiary/aromatic N) is 2. The zero-order valence-electron chi connectivity index (χ0n) is 13.1. The van der Waals surface area contributed by atoms with Gasteiger partial charge in [-0.2, -0.15) is 0 Å². The maximum atomic E-state index is 12.4. The van der Waals surface area contributed by atoms with Crippen LogP contribution in [-0.4, -0.2) is 28.1 Å². The zero-order valence-corrected chi connectivity index (χ0v) is 15.4. The number of thiocarbonyl (C=S) groups is 1. The number of hydrogen-bond donors (Lipinski definition) is 2. The standard InChI is InChI=1S/C15H14Cl2N4O2S/c1-7-4-8(2)19-14(18-7)21-15(24)20-13(22)10-5-9(16)6-11(17)12(10)23-3/h4-6H,1-3H3,(H2,18,19,20,21,22,24). The van der Waals surface area contributed by atoms with Crippen LogP contribution in [0.1, 0.15) is 21.7 Å². The van der Waals surface area contributed by atoms with Crippen LogP contribution in [0.3, 0.4) is 0 Å². The molecule has 0 fully saturated rings. The molecule has 1 amide bonds. The van der Waals surface area contributed by atoms with Crippen molar-refractivity contribution in [2.24, 2.45) is 0 Å². The van der Waals surface area contributed by atoms with Crippen LogP contribution in [0.25, 0.3) is 0 Å². The van der Waals surface area contributed by atoms with E-state index in [1.807, 2.05) is 19.9 Å². The average molecular weight is 385 g/mol. The van der Waals surface area contributed by atoms with Gasteiger partial charge in [0.05, 0.1) is 17.7 Å². The van der Waals surface area contributed by atoms with Gasteiger partial charge in [0.25, 0.3) is 5.91 Å². The highest BCUT2D eigenvalue weighted by Gasteiger charge is 2.18. The largest absolute Gasteiger partial charge is 0.494 e. The molecule has 0 saturated heterocycles. The van der Waals surface area contributed by atoms with Crippen molar-refractivity contribution in [1.29, 1.82) is 0 Å². The zero-order chi connectivity index (χ0) is 17.9. The van der Waals surface area contributed by atoms with Crippen LogP contribution < -0.4 is 15.4 Å². The fraction of sp³-hybridized carbons (Fsp3) is 0.200. The number of aryl methyl sites for hydroxylation is 2. The van der Waals surface area contributed by atoms with Crippen molar-refractivity contribution < 1.29 is 9.53 Å². The molecule has 1 heterocycles. The molecular weight excluding hydrogens is 371 g/mol. The second-order valence-electron chi connectivity index (χ2n) is 4.85. The van der Waals surface area contributed by atoms with Crippen molar-refractivity contribution in [2.75, 3.05) is 12.4 Å². The molecule has 0 aliphatic rings. The lowest BCUT2D eigenvalue weighted by molar-refractivity contribution is 0.0975. The van der Waals surface area contributed by atoms with Gasteiger partial charge in [-0.1, -0.05) is 23.2 Å². The number of rotatable bonds is 3. The van der Waals surface area contributed by atoms with Gasteiger partial charge in [-0.25, -0.2) is 9.97 Å². The molecule has 0 atom stereocenters. The van der Waals surface area contributed by atoms with Crippen LogP contribution >= 0.6 is 35.4 Å². The van der Waals surface area contributed by atoms with Crippen LogP contribution in [0.15, 0.2) is 18.2 Å². The minimum absolute atomic E-state index is 0.0446. The second-order valence-corrected chi connectivity index (χ2v) is 6.10. The van der Waals surface area contributed by atoms with Crippen LogP contribution in [0.5, 0.6) is 5.75 Å². The third-order valence-corrected chi connectivity index (χ3v) is 3.59. The highest BCUT2D eigenvalue weighted by molar-refractivity contribution is 7.80. The van der Waals surface area contributed by atoms with E-state index in [9.17, 15) is 4.79 Å². The smallest absolute Gasteiger partial charge is 0.261 e. The molecule has 6 nitrogen and oxygen atoms in total. The minimum Gasteiger partial charge on any atom is -0.494 e. The molecule has 0 aliphatic heterocycles. The Morgan fingerprint density at radius 3 is 2.38 bits per heavy atom. The van der Waals surface area contributed by atoms with Crippen molar-refractivity contribution >= 4 is 52.4 Å². The topological polar surface area (TPSA) is 76.1 Å². The summed E-state index contributed by atoms with van der Waals surface area (Å²) in [6.45, 7) is 3.67. The van der Waals surface area contributed by atoms with E-state index in [0.717, 1.165) is 11.4 Å². The number of ether oxygens (including phenoxy) is 1. The molecule has 126 valence electrons. The van der Waals surface area contributed by atoms with E-state index in [-0.39, 0.29) is 21.4 Å². The van der Waals surface area contributed by atoms with Gasteiger partial charge in [0.1, 0.15) is 5.75 Å². The van der Waals surface area contributed by atoms with Crippen molar-refractivity contribution in [3.05, 3.63) is 45.2 Å². The Balaban J connectivity index is 2.16. The van der Waals surface area contributed by atoms with Gasteiger partial charge in [0.2, 0.25) is 5.95 Å². The summed E-state index contributed by atoms with van der Waals surface area (Å²) in [6.07, 6.45) is 0. The van der Waals surface area contributed by atoms with Crippen LogP contribution in [0.2, 0.25) is 10.0 Å². The van der Waals surface area contributed by atoms with Crippen molar-refractivity contribution in [3.63, 3.8) is 0 Å². The number of aromatic nitrogens is 2. The molecule has 0 saturated carbocycles. The summed E-state index contributed by atoms with van der Waals surface area (Å²) in [5.41, 5.74) is 1.73. The monoisotopic (exact) mass is 384 g/mol. The summed E-state index contributed by atoms with van der Waals surface area (Å²) in [5, 5.41) is 5.86. The molecule has 0 aliphatic carbocycles. The Kier molecular flexibility index (Phi) is 5.93. The first-order chi connectivity index (χ1) is 11.3. The Hall–Kier alpha value is -1.96. The lowest BCUT2D eigenvalue weighted by Crippen LogP contribution is -2.35. The SMILES string of the molecule is COc1c(Cl)cc(Cl)cc1C(=O)NC(=S)Nc1nc(C)cc(C)n1. The molecule has 1 aromatic heterocycles. The molecule has 0 bridgehead atoms. The number of methoxy groups -OCH3 is 1. The maximum Gasteiger partial charge on any atom is 0.261 e. The van der Waals surface area contributed by atoms with E-state index in [4.69, 9.17) is 40.2 Å². The number of benzene rings is 1. The minimum atomic E-state index is -0.516. The summed E-state index contributed by atoms with van der Waals surface area (Å²) < 4.78 is 5.14. The predicted molar refractivity (Wildman–Crippen MR) is 98.2 cm³/mol. The number of hydrogen-bond acceptors (Lipinski definition) is 5. The number of anilines is 1. The van der Waals surface area contributed by atoms with Gasteiger partial charge in [-0.3, -0.25) is 10.1 Å². The van der Waals surface area contributed by atoms with E-state index < -0.39 is 5.91 Å². The molecule has 9 heteroatoms. The lowest BCUT2D eigenvalue weighted by Gasteiger charge is -2.12. The molecule has 24 heavy (non-hydrogen) atoms. The molecule has 0 spiro atoms. The van der Waals surface area contributed by atoms with Crippen molar-refractivity contribution in [1.82, 2.24) is 15.3 Å². The normalized spacial score (nSPS) is 10.2. The van der Waals surface area contributed by atoms with E-state index in [2.05, 4.69) is 20.6 Å². The molecule has 0 unspecified atom stereocenters. The van der Waals surface area contributed by atoms with Gasteiger partial charge in [0.15, 0.2) is 5.11 Å². The Morgan fingerprint density at radius 1 is 1.17 bits per heavy atom. The van der Waals surface area contributed by atoms with Gasteiger partial charge in [-0.15, -0.1) is 0 Å². The van der Waals surface area contributed by atoms with Crippen molar-refractivity contribution in [2.45, 2.75) is 13.8 Å². The highest BCUT2D eigenvalue weighted by Crippen LogP contribution is 2.32. The Bertz CT molecular complexity index is 794. The fourth-order valence-electron chi connectivity index (χ4n) is 2.02. The first-order valence-electron chi connectivity index (χ1n) is 6.78. The molecule has 1 aromatic carbocycles. The highest BCUT2D eigenvalue weighted by atomic mass is 35.5. The summed E-state index contributed by atoms with van der Waals surface area (Å²) in [6, 6.07) is 4.75. The average Bonchev–Trinajstić information content (AvgIpc) is 2.44. The van der Waals surface area contributed by atoms with Gasteiger partial charge in [-0.05, 0) is 44.3 Å². The van der Waals surface area contributed by atoms with Gasteiger partial charge in [0, 0.05) is 16.4 Å². The Morgan fingerprint density at radius 2 is 1.79 bits per heavy atom. The molecular formula is C15H14Cl2N4O2S. The Labute approximate surface area is 154 Å². The van der Waals surface area contributed by atoms with E-state index in [1.165, 1.54) is 19.2 Å². The first kappa shape index (κ1) is 18.4. The van der Waals surface area contributed by atoms with Crippen LogP contribution in [0.4, 0.5) is 5.95 Å². The first-order valence-corrected chi connectivity index (χ1v) is 7.94. The number of amides is 1. The van der Waals surface area contributed by atoms with Crippen LogP contribution in [0, 0.1) is 13.8 Å². The number of carbonyl (C=O) groups is 1. The van der Waals surface area contributed by atoms with E-state index in [0.29, 0.717) is 11.0 Å². The number of nitrogens with one attached hydrogen (secondary N) is 2. The van der Waals surface area contributed by atoms with Crippen LogP contribution in [-0.2, 0) is 0 Å². The van der Waals surface area contributed by atoms with Gasteiger partial charge < -0.3 is 10.1 Å². The molecule has 2 aromatic rings. The van der Waals surface area contributed by atoms with Gasteiger partial charge >= 0.3 is 0 Å². The maximum absolute atomic E-state index is 12.4. The number of carbonyl (C=O) groups excluding carboxylic acids is 1. The van der Waals surface area contributed by atoms with Crippen molar-refractivity contribution in [3.8, 4) is 5.75 Å². The predicted octanol–water partition coefficient (Wildman–Crippen LogP) is 3.54. The summed E-state index contributed by atoms with van der Waals surface area (Å²) >= 11 is 17.1. The summed E-state index contributed by atoms with van der Waals surface area (Å²) in [4.78, 5) is 20.8. The van der Waals surface area contributed by atoms with E-state index >= 15 is 0 Å². The number of halogens is 2. The fourth-order valence-corrected chi connectivity index (χ4v) is 2.78. The summed E-state index contributed by atoms with van der Waals surface area (Å²) in [7, 11) is 1.41. The molecule has 0 radical (unpaired) electrons. The third kappa shape index (κ3) is 4.53. The molecule has 2 rings (SSSR count). The third-order valence-electron chi connectivity index (χ3n) is 2.89. The lowest BCUT2D eigenvalue weighted by atomic mass is 10.2. The summed E-state index contributed by atoms with van der Waals surface area (Å²) in [5.74, 6) is -0.00367. The van der Waals surface area contributed by atoms with E-state index in [1.54, 1.807) is 0 Å².